The Morgan fingerprint density at radius 1 is 0.956 bits per heavy atom. The van der Waals surface area contributed by atoms with E-state index in [4.69, 9.17) is 30.8 Å². The number of halogens is 1. The zero-order valence-electron chi connectivity index (χ0n) is 24.6. The number of nitrogens with zero attached hydrogens (tertiary/aromatic N) is 2. The van der Waals surface area contributed by atoms with Gasteiger partial charge in [0.1, 0.15) is 18.1 Å². The second kappa shape index (κ2) is 13.4. The third kappa shape index (κ3) is 6.48. The lowest BCUT2D eigenvalue weighted by Crippen LogP contribution is -2.40. The van der Waals surface area contributed by atoms with Crippen LogP contribution in [0.4, 0.5) is 0 Å². The van der Waals surface area contributed by atoms with Crippen LogP contribution in [0.15, 0.2) is 118 Å². The second-order valence-corrected chi connectivity index (χ2v) is 11.6. The molecule has 7 nitrogen and oxygen atoms in total. The quantitative estimate of drug-likeness (QED) is 0.181. The summed E-state index contributed by atoms with van der Waals surface area (Å²) in [6.45, 7) is 2.32. The van der Waals surface area contributed by atoms with Crippen LogP contribution in [-0.4, -0.2) is 24.3 Å². The lowest BCUT2D eigenvalue weighted by molar-refractivity contribution is -0.138. The molecule has 0 saturated carbocycles. The Hall–Kier alpha value is -4.92. The number of methoxy groups -OCH3 is 1. The maximum atomic E-state index is 14.1. The number of rotatable bonds is 9. The highest BCUT2D eigenvalue weighted by Gasteiger charge is 2.35. The van der Waals surface area contributed by atoms with Crippen LogP contribution >= 0.6 is 22.9 Å². The molecule has 1 aliphatic heterocycles. The van der Waals surface area contributed by atoms with E-state index in [1.165, 1.54) is 11.3 Å². The van der Waals surface area contributed by atoms with E-state index in [9.17, 15) is 9.59 Å². The predicted molar refractivity (Wildman–Crippen MR) is 176 cm³/mol. The first kappa shape index (κ1) is 30.1. The van der Waals surface area contributed by atoms with Crippen molar-refractivity contribution in [3.63, 3.8) is 0 Å². The summed E-state index contributed by atoms with van der Waals surface area (Å²) in [5.41, 5.74) is 3.80. The normalized spacial score (nSPS) is 14.5. The molecule has 0 radical (unpaired) electrons. The lowest BCUT2D eigenvalue weighted by atomic mass is 9.93. The van der Waals surface area contributed by atoms with Crippen molar-refractivity contribution in [1.29, 1.82) is 0 Å². The fourth-order valence-electron chi connectivity index (χ4n) is 5.15. The summed E-state index contributed by atoms with van der Waals surface area (Å²) in [5.74, 6) is 0.833. The molecule has 4 aromatic carbocycles. The summed E-state index contributed by atoms with van der Waals surface area (Å²) in [7, 11) is 1.59. The van der Waals surface area contributed by atoms with E-state index in [0.29, 0.717) is 43.7 Å². The van der Waals surface area contributed by atoms with E-state index in [1.807, 2.05) is 109 Å². The largest absolute Gasteiger partial charge is 0.497 e. The minimum atomic E-state index is -0.758. The molecule has 9 heteroatoms. The fourth-order valence-corrected chi connectivity index (χ4v) is 6.36. The lowest BCUT2D eigenvalue weighted by Gasteiger charge is -2.26. The van der Waals surface area contributed by atoms with Crippen LogP contribution in [0, 0.1) is 0 Å². The number of fused-ring (bicyclic) bond motifs is 1. The first-order valence-electron chi connectivity index (χ1n) is 14.3. The van der Waals surface area contributed by atoms with Crippen molar-refractivity contribution >= 4 is 40.7 Å². The highest BCUT2D eigenvalue weighted by Crippen LogP contribution is 2.35. The van der Waals surface area contributed by atoms with Gasteiger partial charge in [0.15, 0.2) is 4.80 Å². The number of ether oxygens (including phenoxy) is 3. The zero-order valence-corrected chi connectivity index (χ0v) is 26.2. The topological polar surface area (TPSA) is 79.1 Å². The van der Waals surface area contributed by atoms with Crippen molar-refractivity contribution in [3.05, 3.63) is 156 Å². The van der Waals surface area contributed by atoms with Crippen molar-refractivity contribution in [2.45, 2.75) is 19.6 Å². The highest BCUT2D eigenvalue weighted by atomic mass is 35.5. The van der Waals surface area contributed by atoms with E-state index >= 15 is 0 Å². The number of carbonyl (C=O) groups excluding carboxylic acids is 1. The Morgan fingerprint density at radius 2 is 1.69 bits per heavy atom. The first-order valence-corrected chi connectivity index (χ1v) is 15.5. The molecule has 0 N–H and O–H groups in total. The number of aromatic nitrogens is 1. The summed E-state index contributed by atoms with van der Waals surface area (Å²) in [6, 6.07) is 31.1. The molecule has 0 saturated heterocycles. The zero-order chi connectivity index (χ0) is 31.3. The summed E-state index contributed by atoms with van der Waals surface area (Å²) in [4.78, 5) is 33.1. The van der Waals surface area contributed by atoms with Crippen molar-refractivity contribution < 1.29 is 19.0 Å². The Labute approximate surface area is 268 Å². The number of esters is 1. The Balaban J connectivity index is 1.43. The number of benzene rings is 4. The molecule has 1 atom stereocenters. The monoisotopic (exact) mass is 636 g/mol. The SMILES string of the molecule is CCOC(=O)C1=C(c2ccccc2)N=c2s/c(=C\c3ccc(OCc4cccc(Cl)c4)cc3)c(=O)n2[C@@H]1c1ccc(OC)cc1. The van der Waals surface area contributed by atoms with Gasteiger partial charge in [-0.05, 0) is 66.1 Å². The van der Waals surface area contributed by atoms with Crippen LogP contribution in [0.1, 0.15) is 35.2 Å². The molecule has 0 aliphatic carbocycles. The standard InChI is InChI=1S/C36H29ClN2O5S/c1-3-43-35(41)31-32(25-9-5-4-6-10-25)38-36-39(33(31)26-14-18-28(42-2)19-15-26)34(40)30(45-36)21-23-12-16-29(17-13-23)44-22-24-8-7-11-27(37)20-24/h4-21,33H,3,22H2,1-2H3/b30-21-/t33-/m1/s1. The van der Waals surface area contributed by atoms with Gasteiger partial charge in [-0.1, -0.05) is 89.7 Å². The van der Waals surface area contributed by atoms with Crippen LogP contribution in [0.25, 0.3) is 11.8 Å². The highest BCUT2D eigenvalue weighted by molar-refractivity contribution is 7.07. The fraction of sp³-hybridized carbons (Fsp3) is 0.139. The minimum Gasteiger partial charge on any atom is -0.497 e. The van der Waals surface area contributed by atoms with E-state index in [0.717, 1.165) is 22.3 Å². The molecular formula is C36H29ClN2O5S. The summed E-state index contributed by atoms with van der Waals surface area (Å²) in [6.07, 6.45) is 1.83. The molecular weight excluding hydrogens is 608 g/mol. The molecule has 0 fully saturated rings. The Morgan fingerprint density at radius 3 is 2.38 bits per heavy atom. The number of hydrogen-bond acceptors (Lipinski definition) is 7. The summed E-state index contributed by atoms with van der Waals surface area (Å²) in [5, 5.41) is 0.660. The van der Waals surface area contributed by atoms with Crippen molar-refractivity contribution in [1.82, 2.24) is 4.57 Å². The average Bonchev–Trinajstić information content (AvgIpc) is 3.38. The molecule has 1 aliphatic rings. The predicted octanol–water partition coefficient (Wildman–Crippen LogP) is 6.18. The second-order valence-electron chi connectivity index (χ2n) is 10.2. The van der Waals surface area contributed by atoms with E-state index < -0.39 is 12.0 Å². The molecule has 45 heavy (non-hydrogen) atoms. The van der Waals surface area contributed by atoms with Crippen LogP contribution in [0.5, 0.6) is 11.5 Å². The van der Waals surface area contributed by atoms with E-state index in [1.54, 1.807) is 18.6 Å². The van der Waals surface area contributed by atoms with Crippen molar-refractivity contribution in [2.24, 2.45) is 4.99 Å². The van der Waals surface area contributed by atoms with Gasteiger partial charge in [0.2, 0.25) is 0 Å². The summed E-state index contributed by atoms with van der Waals surface area (Å²) >= 11 is 7.36. The molecule has 226 valence electrons. The first-order chi connectivity index (χ1) is 21.9. The number of carbonyl (C=O) groups is 1. The third-order valence-corrected chi connectivity index (χ3v) is 8.50. The van der Waals surface area contributed by atoms with Crippen LogP contribution in [0.3, 0.4) is 0 Å². The maximum Gasteiger partial charge on any atom is 0.338 e. The molecule has 0 spiro atoms. The maximum absolute atomic E-state index is 14.1. The molecule has 0 unspecified atom stereocenters. The van der Waals surface area contributed by atoms with Gasteiger partial charge in [-0.15, -0.1) is 0 Å². The van der Waals surface area contributed by atoms with E-state index in [-0.39, 0.29) is 12.2 Å². The minimum absolute atomic E-state index is 0.183. The van der Waals surface area contributed by atoms with Gasteiger partial charge in [0, 0.05) is 10.6 Å². The van der Waals surface area contributed by atoms with Gasteiger partial charge < -0.3 is 14.2 Å². The molecule has 2 heterocycles. The van der Waals surface area contributed by atoms with Crippen molar-refractivity contribution in [3.8, 4) is 11.5 Å². The molecule has 6 rings (SSSR count). The molecule has 0 bridgehead atoms. The number of hydrogen-bond donors (Lipinski definition) is 0. The van der Waals surface area contributed by atoms with E-state index in [2.05, 4.69) is 0 Å². The molecule has 0 amide bonds. The van der Waals surface area contributed by atoms with Crippen LogP contribution < -0.4 is 24.4 Å². The summed E-state index contributed by atoms with van der Waals surface area (Å²) < 4.78 is 18.9. The van der Waals surface area contributed by atoms with Gasteiger partial charge >= 0.3 is 5.97 Å². The molecule has 5 aromatic rings. The van der Waals surface area contributed by atoms with Gasteiger partial charge in [0.25, 0.3) is 5.56 Å². The Bertz CT molecular complexity index is 2050. The molecule has 1 aromatic heterocycles. The van der Waals surface area contributed by atoms with Crippen molar-refractivity contribution in [2.75, 3.05) is 13.7 Å². The van der Waals surface area contributed by atoms with Gasteiger partial charge in [-0.3, -0.25) is 9.36 Å². The van der Waals surface area contributed by atoms with Crippen LogP contribution in [-0.2, 0) is 16.1 Å². The van der Waals surface area contributed by atoms with Gasteiger partial charge in [-0.2, -0.15) is 0 Å². The third-order valence-electron chi connectivity index (χ3n) is 7.28. The van der Waals surface area contributed by atoms with Crippen LogP contribution in [0.2, 0.25) is 5.02 Å². The Kier molecular flexibility index (Phi) is 8.96. The smallest absolute Gasteiger partial charge is 0.338 e. The average molecular weight is 637 g/mol. The van der Waals surface area contributed by atoms with Gasteiger partial charge in [0.05, 0.1) is 35.6 Å². The number of thiazole rings is 1. The van der Waals surface area contributed by atoms with Gasteiger partial charge in [-0.25, -0.2) is 9.79 Å².